The molecule has 0 aliphatic heterocycles. The molecule has 0 radical (unpaired) electrons. The van der Waals surface area contributed by atoms with Crippen LogP contribution in [0.1, 0.15) is 38.8 Å². The lowest BCUT2D eigenvalue weighted by molar-refractivity contribution is 0.659. The Balaban J connectivity index is 2.30. The van der Waals surface area contributed by atoms with Crippen LogP contribution in [0.25, 0.3) is 21.9 Å². The number of hydrogen-bond donors (Lipinski definition) is 0. The smallest absolute Gasteiger partial charge is 0.201 e. The van der Waals surface area contributed by atoms with E-state index in [4.69, 9.17) is 4.42 Å². The lowest BCUT2D eigenvalue weighted by Crippen LogP contribution is -2.07. The van der Waals surface area contributed by atoms with E-state index in [9.17, 15) is 4.79 Å². The Labute approximate surface area is 148 Å². The van der Waals surface area contributed by atoms with Gasteiger partial charge in [-0.3, -0.25) is 4.79 Å². The molecule has 2 nitrogen and oxygen atoms in total. The van der Waals surface area contributed by atoms with Crippen LogP contribution in [0.2, 0.25) is 0 Å². The van der Waals surface area contributed by atoms with Crippen LogP contribution < -0.4 is 5.43 Å². The van der Waals surface area contributed by atoms with E-state index in [2.05, 4.69) is 39.8 Å². The van der Waals surface area contributed by atoms with Gasteiger partial charge in [0.25, 0.3) is 0 Å². The maximum atomic E-state index is 13.3. The van der Waals surface area contributed by atoms with Crippen LogP contribution in [0, 0.1) is 0 Å². The van der Waals surface area contributed by atoms with Gasteiger partial charge in [-0.15, -0.1) is 0 Å². The molecule has 0 N–H and O–H groups in total. The van der Waals surface area contributed by atoms with Gasteiger partial charge in [0.05, 0.1) is 10.8 Å². The molecule has 0 saturated heterocycles. The third-order valence-corrected chi connectivity index (χ3v) is 4.36. The molecule has 2 aromatic carbocycles. The first kappa shape index (κ1) is 17.2. The van der Waals surface area contributed by atoms with Crippen molar-refractivity contribution in [3.05, 3.63) is 81.0 Å². The molecule has 0 amide bonds. The number of allylic oxidation sites excluding steroid dienone is 4. The highest BCUT2D eigenvalue weighted by Gasteiger charge is 2.13. The standard InChI is InChI=1S/C23H24O2/c1-15(2)11-13-17-7-5-9-19-21(17)23(24)22-18(14-12-16(3)4)8-6-10-20(22)25-19/h5-12H,13-14H2,1-4H3. The van der Waals surface area contributed by atoms with Gasteiger partial charge in [0, 0.05) is 0 Å². The zero-order chi connectivity index (χ0) is 18.0. The van der Waals surface area contributed by atoms with Crippen LogP contribution >= 0.6 is 0 Å². The summed E-state index contributed by atoms with van der Waals surface area (Å²) in [5.74, 6) is 0. The fourth-order valence-corrected chi connectivity index (χ4v) is 3.05. The van der Waals surface area contributed by atoms with Gasteiger partial charge in [-0.1, -0.05) is 47.6 Å². The summed E-state index contributed by atoms with van der Waals surface area (Å²) in [7, 11) is 0. The highest BCUT2D eigenvalue weighted by Crippen LogP contribution is 2.24. The molecule has 3 aromatic rings. The van der Waals surface area contributed by atoms with Crippen molar-refractivity contribution in [3.63, 3.8) is 0 Å². The van der Waals surface area contributed by atoms with E-state index >= 15 is 0 Å². The van der Waals surface area contributed by atoms with Crippen molar-refractivity contribution in [2.75, 3.05) is 0 Å². The number of fused-ring (bicyclic) bond motifs is 2. The molecule has 0 unspecified atom stereocenters. The van der Waals surface area contributed by atoms with Crippen LogP contribution in [-0.4, -0.2) is 0 Å². The number of benzene rings is 2. The van der Waals surface area contributed by atoms with Crippen LogP contribution in [0.4, 0.5) is 0 Å². The lowest BCUT2D eigenvalue weighted by Gasteiger charge is -2.08. The van der Waals surface area contributed by atoms with Crippen molar-refractivity contribution in [1.29, 1.82) is 0 Å². The molecule has 0 aliphatic carbocycles. The van der Waals surface area contributed by atoms with Gasteiger partial charge >= 0.3 is 0 Å². The molecule has 0 spiro atoms. The molecule has 1 aromatic heterocycles. The third kappa shape index (κ3) is 3.58. The fourth-order valence-electron chi connectivity index (χ4n) is 3.05. The topological polar surface area (TPSA) is 30.2 Å². The van der Waals surface area contributed by atoms with E-state index in [-0.39, 0.29) is 5.43 Å². The zero-order valence-corrected chi connectivity index (χ0v) is 15.3. The fraction of sp³-hybridized carbons (Fsp3) is 0.261. The minimum atomic E-state index is 0.0757. The Kier molecular flexibility index (Phi) is 4.89. The van der Waals surface area contributed by atoms with Crippen molar-refractivity contribution in [2.24, 2.45) is 0 Å². The predicted octanol–water partition coefficient (Wildman–Crippen LogP) is 5.96. The molecule has 25 heavy (non-hydrogen) atoms. The van der Waals surface area contributed by atoms with Crippen LogP contribution in [0.3, 0.4) is 0 Å². The van der Waals surface area contributed by atoms with E-state index in [1.165, 1.54) is 11.1 Å². The zero-order valence-electron chi connectivity index (χ0n) is 15.3. The summed E-state index contributed by atoms with van der Waals surface area (Å²) in [6.07, 6.45) is 5.78. The molecule has 0 aliphatic rings. The van der Waals surface area contributed by atoms with Gasteiger partial charge in [0.15, 0.2) is 0 Å². The molecule has 0 atom stereocenters. The second kappa shape index (κ2) is 7.10. The Morgan fingerprint density at radius 2 is 1.24 bits per heavy atom. The first-order valence-corrected chi connectivity index (χ1v) is 8.70. The Morgan fingerprint density at radius 1 is 0.800 bits per heavy atom. The van der Waals surface area contributed by atoms with E-state index < -0.39 is 0 Å². The SMILES string of the molecule is CC(C)=CCc1cccc2oc3cccc(CC=C(C)C)c3c(=O)c12. The molecule has 128 valence electrons. The summed E-state index contributed by atoms with van der Waals surface area (Å²) in [4.78, 5) is 13.3. The molecule has 3 rings (SSSR count). The van der Waals surface area contributed by atoms with Gasteiger partial charge in [-0.25, -0.2) is 0 Å². The van der Waals surface area contributed by atoms with Gasteiger partial charge < -0.3 is 4.42 Å². The summed E-state index contributed by atoms with van der Waals surface area (Å²) < 4.78 is 6.08. The monoisotopic (exact) mass is 332 g/mol. The summed E-state index contributed by atoms with van der Waals surface area (Å²) in [6, 6.07) is 11.7. The summed E-state index contributed by atoms with van der Waals surface area (Å²) in [5, 5.41) is 1.41. The largest absolute Gasteiger partial charge is 0.456 e. The van der Waals surface area contributed by atoms with Crippen molar-refractivity contribution in [3.8, 4) is 0 Å². The normalized spacial score (nSPS) is 10.9. The maximum absolute atomic E-state index is 13.3. The van der Waals surface area contributed by atoms with Crippen molar-refractivity contribution in [2.45, 2.75) is 40.5 Å². The summed E-state index contributed by atoms with van der Waals surface area (Å²) >= 11 is 0. The molecular weight excluding hydrogens is 308 g/mol. The van der Waals surface area contributed by atoms with Crippen molar-refractivity contribution >= 4 is 21.9 Å². The Hall–Kier alpha value is -2.61. The van der Waals surface area contributed by atoms with Gasteiger partial charge in [-0.05, 0) is 63.8 Å². The van der Waals surface area contributed by atoms with Gasteiger partial charge in [-0.2, -0.15) is 0 Å². The van der Waals surface area contributed by atoms with Crippen molar-refractivity contribution in [1.82, 2.24) is 0 Å². The predicted molar refractivity (Wildman–Crippen MR) is 106 cm³/mol. The lowest BCUT2D eigenvalue weighted by atomic mass is 9.99. The summed E-state index contributed by atoms with van der Waals surface area (Å²) in [5.41, 5.74) is 5.93. The first-order valence-electron chi connectivity index (χ1n) is 8.70. The molecule has 2 heteroatoms. The Bertz CT molecular complexity index is 960. The highest BCUT2D eigenvalue weighted by atomic mass is 16.3. The quantitative estimate of drug-likeness (QED) is 0.435. The average Bonchev–Trinajstić information content (AvgIpc) is 2.57. The second-order valence-corrected chi connectivity index (χ2v) is 6.98. The van der Waals surface area contributed by atoms with E-state index in [1.54, 1.807) is 0 Å². The van der Waals surface area contributed by atoms with Gasteiger partial charge in [0.2, 0.25) is 5.43 Å². The second-order valence-electron chi connectivity index (χ2n) is 6.98. The van der Waals surface area contributed by atoms with E-state index in [1.807, 2.05) is 36.4 Å². The van der Waals surface area contributed by atoms with Crippen molar-refractivity contribution < 1.29 is 4.42 Å². The van der Waals surface area contributed by atoms with E-state index in [0.29, 0.717) is 21.9 Å². The van der Waals surface area contributed by atoms with E-state index in [0.717, 1.165) is 24.0 Å². The molecular formula is C23H24O2. The third-order valence-electron chi connectivity index (χ3n) is 4.36. The molecule has 0 bridgehead atoms. The first-order chi connectivity index (χ1) is 12.0. The van der Waals surface area contributed by atoms with Gasteiger partial charge in [0.1, 0.15) is 11.2 Å². The molecule has 1 heterocycles. The average molecular weight is 332 g/mol. The molecule has 0 fully saturated rings. The van der Waals surface area contributed by atoms with Crippen LogP contribution in [0.5, 0.6) is 0 Å². The number of rotatable bonds is 4. The maximum Gasteiger partial charge on any atom is 0.201 e. The Morgan fingerprint density at radius 3 is 1.64 bits per heavy atom. The minimum Gasteiger partial charge on any atom is -0.456 e. The number of hydrogen-bond acceptors (Lipinski definition) is 2. The highest BCUT2D eigenvalue weighted by molar-refractivity contribution is 5.93. The summed E-state index contributed by atoms with van der Waals surface area (Å²) in [6.45, 7) is 8.28. The van der Waals surface area contributed by atoms with Crippen LogP contribution in [0.15, 0.2) is 68.9 Å². The van der Waals surface area contributed by atoms with Crippen LogP contribution in [-0.2, 0) is 12.8 Å². The minimum absolute atomic E-state index is 0.0757. The molecule has 0 saturated carbocycles.